The molecule has 2 heterocycles. The number of amides is 1. The highest BCUT2D eigenvalue weighted by atomic mass is 16.5. The van der Waals surface area contributed by atoms with Crippen LogP contribution in [0.4, 0.5) is 0 Å². The van der Waals surface area contributed by atoms with Gasteiger partial charge in [-0.2, -0.15) is 0 Å². The smallest absolute Gasteiger partial charge is 0.263 e. The van der Waals surface area contributed by atoms with Crippen LogP contribution in [0.3, 0.4) is 0 Å². The van der Waals surface area contributed by atoms with Crippen LogP contribution in [0.1, 0.15) is 47.6 Å². The number of nitrogens with two attached hydrogens (primary N) is 2. The Balaban J connectivity index is 1.75. The van der Waals surface area contributed by atoms with Gasteiger partial charge in [-0.1, -0.05) is 6.42 Å². The Kier molecular flexibility index (Phi) is 7.57. The van der Waals surface area contributed by atoms with Gasteiger partial charge in [0.25, 0.3) is 5.91 Å². The fourth-order valence-corrected chi connectivity index (χ4v) is 4.70. The van der Waals surface area contributed by atoms with Crippen molar-refractivity contribution in [2.75, 3.05) is 27.4 Å². The zero-order valence-electron chi connectivity index (χ0n) is 20.0. The summed E-state index contributed by atoms with van der Waals surface area (Å²) in [6, 6.07) is 5.54. The lowest BCUT2D eigenvalue weighted by Gasteiger charge is -2.40. The first-order valence-electron chi connectivity index (χ1n) is 11.7. The minimum atomic E-state index is -0.636. The fourth-order valence-electron chi connectivity index (χ4n) is 4.70. The van der Waals surface area contributed by atoms with Crippen LogP contribution in [0, 0.1) is 5.92 Å². The quantitative estimate of drug-likeness (QED) is 0.143. The lowest BCUT2D eigenvalue weighted by atomic mass is 9.75. The number of ether oxygens (including phenoxy) is 3. The van der Waals surface area contributed by atoms with Crippen molar-refractivity contribution >= 4 is 11.9 Å². The minimum absolute atomic E-state index is 0.0111. The molecule has 1 unspecified atom stereocenters. The molecule has 2 aromatic rings. The number of hydrogen-bond acceptors (Lipinski definition) is 8. The van der Waals surface area contributed by atoms with Crippen LogP contribution in [0.5, 0.6) is 11.5 Å². The zero-order valence-corrected chi connectivity index (χ0v) is 20.0. The Bertz CT molecular complexity index is 1170. The number of nitrogens with zero attached hydrogens (tertiary/aromatic N) is 2. The van der Waals surface area contributed by atoms with Crippen molar-refractivity contribution in [1.82, 2.24) is 15.3 Å². The van der Waals surface area contributed by atoms with E-state index < -0.39 is 11.3 Å². The minimum Gasteiger partial charge on any atom is -0.493 e. The van der Waals surface area contributed by atoms with Gasteiger partial charge in [-0.25, -0.2) is 5.84 Å². The maximum atomic E-state index is 13.0. The topological polar surface area (TPSA) is 155 Å². The van der Waals surface area contributed by atoms with Gasteiger partial charge >= 0.3 is 0 Å². The number of guanidine groups is 1. The summed E-state index contributed by atoms with van der Waals surface area (Å²) in [7, 11) is 3.25. The molecule has 6 N–H and O–H groups in total. The van der Waals surface area contributed by atoms with Crippen molar-refractivity contribution in [2.45, 2.75) is 38.1 Å². The van der Waals surface area contributed by atoms with Crippen LogP contribution < -0.4 is 37.3 Å². The van der Waals surface area contributed by atoms with Crippen molar-refractivity contribution in [3.63, 3.8) is 0 Å². The van der Waals surface area contributed by atoms with Crippen LogP contribution in [0.25, 0.3) is 11.3 Å². The van der Waals surface area contributed by atoms with E-state index in [2.05, 4.69) is 20.4 Å². The maximum Gasteiger partial charge on any atom is 0.263 e. The fraction of sp³-hybridized carbons (Fsp3) is 0.458. The van der Waals surface area contributed by atoms with E-state index in [1.165, 1.54) is 12.5 Å². The van der Waals surface area contributed by atoms with Gasteiger partial charge in [-0.15, -0.1) is 5.10 Å². The molecule has 2 aliphatic rings. The third-order valence-corrected chi connectivity index (χ3v) is 6.72. The number of pyridine rings is 1. The van der Waals surface area contributed by atoms with Gasteiger partial charge in [0, 0.05) is 44.0 Å². The molecule has 1 amide bonds. The molecule has 11 heteroatoms. The standard InChI is InChI=1S/C24H32N6O5/c1-33-7-4-8-35-22-10-15-9-18(14-5-3-6-14)30-13-17(23(32)27-24(28-25)29-26)20(31)12-19(30)16(15)11-21(22)34-2/h10-14,18H,3-9,25-26H2,1-2H3,(H2,27,28,29,32). The van der Waals surface area contributed by atoms with E-state index in [0.717, 1.165) is 42.5 Å². The Morgan fingerprint density at radius 1 is 1.20 bits per heavy atom. The van der Waals surface area contributed by atoms with Gasteiger partial charge in [0.15, 0.2) is 16.9 Å². The van der Waals surface area contributed by atoms with E-state index in [0.29, 0.717) is 30.6 Å². The summed E-state index contributed by atoms with van der Waals surface area (Å²) in [5.74, 6) is 11.4. The van der Waals surface area contributed by atoms with Crippen molar-refractivity contribution in [3.05, 3.63) is 45.7 Å². The Morgan fingerprint density at radius 3 is 2.63 bits per heavy atom. The first kappa shape index (κ1) is 24.6. The first-order valence-corrected chi connectivity index (χ1v) is 11.7. The average molecular weight is 485 g/mol. The number of nitrogens with one attached hydrogen (secondary N) is 2. The van der Waals surface area contributed by atoms with Crippen LogP contribution in [0.15, 0.2) is 34.3 Å². The van der Waals surface area contributed by atoms with Crippen LogP contribution in [-0.4, -0.2) is 43.9 Å². The van der Waals surface area contributed by atoms with Crippen molar-refractivity contribution in [2.24, 2.45) is 22.7 Å². The first-order chi connectivity index (χ1) is 17.0. The summed E-state index contributed by atoms with van der Waals surface area (Å²) in [5, 5.41) is 5.77. The van der Waals surface area contributed by atoms with Crippen molar-refractivity contribution in [1.29, 1.82) is 0 Å². The molecule has 1 fully saturated rings. The number of carbonyl (C=O) groups excluding carboxylic acids is 1. The molecule has 1 saturated carbocycles. The summed E-state index contributed by atoms with van der Waals surface area (Å²) >= 11 is 0. The molecule has 11 nitrogen and oxygen atoms in total. The van der Waals surface area contributed by atoms with Crippen molar-refractivity contribution < 1.29 is 19.0 Å². The summed E-state index contributed by atoms with van der Waals surface area (Å²) < 4.78 is 18.7. The Morgan fingerprint density at radius 2 is 2.00 bits per heavy atom. The normalized spacial score (nSPS) is 17.1. The number of carbonyl (C=O) groups is 1. The van der Waals surface area contributed by atoms with Gasteiger partial charge in [-0.05, 0) is 42.9 Å². The SMILES string of the molecule is COCCCOc1cc2c(cc1OC)-c1cc(=O)c(C(=O)N/C(=N/N)NN)cn1C(C1CCC1)C2. The number of hydrogen-bond donors (Lipinski definition) is 4. The van der Waals surface area contributed by atoms with E-state index in [4.69, 9.17) is 25.9 Å². The third kappa shape index (κ3) is 4.96. The van der Waals surface area contributed by atoms with Gasteiger partial charge < -0.3 is 24.6 Å². The lowest BCUT2D eigenvalue weighted by molar-refractivity contribution is 0.0973. The molecular formula is C24H32N6O5. The highest BCUT2D eigenvalue weighted by Crippen LogP contribution is 2.46. The summed E-state index contributed by atoms with van der Waals surface area (Å²) in [6.07, 6.45) is 6.53. The second-order valence-corrected chi connectivity index (χ2v) is 8.74. The zero-order chi connectivity index (χ0) is 24.9. The number of rotatable bonds is 8. The number of methoxy groups -OCH3 is 2. The largest absolute Gasteiger partial charge is 0.493 e. The molecular weight excluding hydrogens is 452 g/mol. The average Bonchev–Trinajstić information content (AvgIpc) is 2.83. The van der Waals surface area contributed by atoms with Gasteiger partial charge in [0.2, 0.25) is 5.96 Å². The van der Waals surface area contributed by atoms with Crippen LogP contribution >= 0.6 is 0 Å². The molecule has 35 heavy (non-hydrogen) atoms. The molecule has 1 atom stereocenters. The van der Waals surface area contributed by atoms with E-state index in [1.54, 1.807) is 20.4 Å². The lowest BCUT2D eigenvalue weighted by Crippen LogP contribution is -2.46. The molecule has 0 spiro atoms. The Hall–Kier alpha value is -3.57. The number of hydrazine groups is 1. The molecule has 4 rings (SSSR count). The van der Waals surface area contributed by atoms with Gasteiger partial charge in [0.05, 0.1) is 19.4 Å². The maximum absolute atomic E-state index is 13.0. The van der Waals surface area contributed by atoms with Gasteiger partial charge in [-0.3, -0.25) is 20.3 Å². The number of aromatic nitrogens is 1. The van der Waals surface area contributed by atoms with Crippen LogP contribution in [-0.2, 0) is 11.2 Å². The second-order valence-electron chi connectivity index (χ2n) is 8.74. The summed E-state index contributed by atoms with van der Waals surface area (Å²) in [6.45, 7) is 1.12. The molecule has 0 saturated heterocycles. The molecule has 0 radical (unpaired) electrons. The molecule has 1 aromatic heterocycles. The van der Waals surface area contributed by atoms with E-state index in [9.17, 15) is 9.59 Å². The number of benzene rings is 1. The number of hydrazone groups is 1. The van der Waals surface area contributed by atoms with Crippen molar-refractivity contribution in [3.8, 4) is 22.8 Å². The second kappa shape index (κ2) is 10.8. The Labute approximate surface area is 203 Å². The van der Waals surface area contributed by atoms with E-state index in [1.807, 2.05) is 12.1 Å². The predicted molar refractivity (Wildman–Crippen MR) is 131 cm³/mol. The molecule has 1 aliphatic carbocycles. The summed E-state index contributed by atoms with van der Waals surface area (Å²) in [5.41, 5.74) is 4.48. The van der Waals surface area contributed by atoms with E-state index >= 15 is 0 Å². The highest BCUT2D eigenvalue weighted by Gasteiger charge is 2.35. The van der Waals surface area contributed by atoms with Gasteiger partial charge in [0.1, 0.15) is 5.56 Å². The highest BCUT2D eigenvalue weighted by molar-refractivity contribution is 6.05. The monoisotopic (exact) mass is 484 g/mol. The molecule has 0 bridgehead atoms. The van der Waals surface area contributed by atoms with Crippen LogP contribution in [0.2, 0.25) is 0 Å². The molecule has 188 valence electrons. The predicted octanol–water partition coefficient (Wildman–Crippen LogP) is 1.26. The molecule has 1 aliphatic heterocycles. The van der Waals surface area contributed by atoms with E-state index in [-0.39, 0.29) is 17.6 Å². The number of fused-ring (bicyclic) bond motifs is 3. The third-order valence-electron chi connectivity index (χ3n) is 6.72. The molecule has 1 aromatic carbocycles. The summed E-state index contributed by atoms with van der Waals surface area (Å²) in [4.78, 5) is 25.8.